The SMILES string of the molecule is CC.CC(C)=O.Cc1sc2c(c1C)C(c1ccccc1)=NCc1nnc(C)n1-2. The average Bonchev–Trinajstić information content (AvgIpc) is 3.12. The molecule has 5 nitrogen and oxygen atoms in total. The van der Waals surface area contributed by atoms with E-state index in [2.05, 4.69) is 52.9 Å². The summed E-state index contributed by atoms with van der Waals surface area (Å²) in [5.41, 5.74) is 4.72. The fraction of sp³-hybridized carbons (Fsp3) is 0.364. The molecule has 0 saturated carbocycles. The molecule has 3 heterocycles. The average molecular weight is 397 g/mol. The number of rotatable bonds is 1. The number of nitrogens with zero attached hydrogens (tertiary/aromatic N) is 4. The molecule has 2 aromatic heterocycles. The summed E-state index contributed by atoms with van der Waals surface area (Å²) in [6.07, 6.45) is 0. The van der Waals surface area contributed by atoms with Crippen molar-refractivity contribution in [3.05, 3.63) is 63.5 Å². The minimum Gasteiger partial charge on any atom is -0.300 e. The predicted octanol–water partition coefficient (Wildman–Crippen LogP) is 5.23. The molecule has 0 spiro atoms. The normalized spacial score (nSPS) is 11.6. The molecule has 1 aliphatic rings. The van der Waals surface area contributed by atoms with Gasteiger partial charge in [0, 0.05) is 16.0 Å². The van der Waals surface area contributed by atoms with E-state index in [1.807, 2.05) is 26.8 Å². The van der Waals surface area contributed by atoms with Crippen LogP contribution in [0.4, 0.5) is 0 Å². The first-order valence-corrected chi connectivity index (χ1v) is 10.3. The van der Waals surface area contributed by atoms with Crippen LogP contribution in [0.2, 0.25) is 0 Å². The maximum absolute atomic E-state index is 9.44. The van der Waals surface area contributed by atoms with Crippen LogP contribution in [0.5, 0.6) is 0 Å². The number of hydrogen-bond donors (Lipinski definition) is 0. The maximum Gasteiger partial charge on any atom is 0.160 e. The van der Waals surface area contributed by atoms with Crippen molar-refractivity contribution in [1.29, 1.82) is 0 Å². The van der Waals surface area contributed by atoms with Gasteiger partial charge in [0.25, 0.3) is 0 Å². The number of ketones is 1. The lowest BCUT2D eigenvalue weighted by molar-refractivity contribution is -0.114. The molecule has 148 valence electrons. The van der Waals surface area contributed by atoms with Crippen LogP contribution in [0.3, 0.4) is 0 Å². The van der Waals surface area contributed by atoms with E-state index < -0.39 is 0 Å². The van der Waals surface area contributed by atoms with Crippen molar-refractivity contribution < 1.29 is 4.79 Å². The van der Waals surface area contributed by atoms with Gasteiger partial charge in [-0.2, -0.15) is 0 Å². The molecule has 0 atom stereocenters. The summed E-state index contributed by atoms with van der Waals surface area (Å²) in [5.74, 6) is 1.99. The minimum absolute atomic E-state index is 0.167. The highest BCUT2D eigenvalue weighted by Crippen LogP contribution is 2.35. The number of thiophene rings is 1. The van der Waals surface area contributed by atoms with Gasteiger partial charge in [0.2, 0.25) is 0 Å². The fourth-order valence-electron chi connectivity index (χ4n) is 2.88. The molecule has 0 radical (unpaired) electrons. The lowest BCUT2D eigenvalue weighted by Crippen LogP contribution is -2.06. The van der Waals surface area contributed by atoms with Gasteiger partial charge in [-0.3, -0.25) is 9.56 Å². The molecule has 0 bridgehead atoms. The number of aliphatic imine (C=N–C) groups is 1. The summed E-state index contributed by atoms with van der Waals surface area (Å²) in [6, 6.07) is 10.4. The van der Waals surface area contributed by atoms with Gasteiger partial charge in [0.05, 0.1) is 5.71 Å². The third kappa shape index (κ3) is 4.44. The van der Waals surface area contributed by atoms with Gasteiger partial charge in [-0.05, 0) is 40.2 Å². The van der Waals surface area contributed by atoms with Gasteiger partial charge in [0.1, 0.15) is 23.2 Å². The van der Waals surface area contributed by atoms with E-state index in [-0.39, 0.29) is 5.78 Å². The second-order valence-corrected chi connectivity index (χ2v) is 7.60. The Hall–Kier alpha value is -2.60. The zero-order chi connectivity index (χ0) is 20.8. The van der Waals surface area contributed by atoms with E-state index in [9.17, 15) is 4.79 Å². The quantitative estimate of drug-likeness (QED) is 0.566. The summed E-state index contributed by atoms with van der Waals surface area (Å²) < 4.78 is 2.15. The third-order valence-corrected chi connectivity index (χ3v) is 5.32. The van der Waals surface area contributed by atoms with Crippen LogP contribution in [0.15, 0.2) is 35.3 Å². The standard InChI is InChI=1S/C17H16N4S.C3H6O.C2H6/c1-10-11(2)22-17-15(10)16(13-7-5-4-6-8-13)18-9-14-20-19-12(3)21(14)17;1-3(2)4;1-2/h4-8H,9H2,1-3H3;1-2H3;1-2H3. The molecule has 0 aliphatic carbocycles. The van der Waals surface area contributed by atoms with E-state index in [1.54, 1.807) is 11.3 Å². The van der Waals surface area contributed by atoms with Gasteiger partial charge in [-0.15, -0.1) is 21.5 Å². The van der Waals surface area contributed by atoms with Crippen LogP contribution in [0.25, 0.3) is 5.00 Å². The van der Waals surface area contributed by atoms with Gasteiger partial charge < -0.3 is 4.79 Å². The predicted molar refractivity (Wildman–Crippen MR) is 117 cm³/mol. The Labute approximate surface area is 171 Å². The first kappa shape index (κ1) is 21.7. The molecule has 3 aromatic rings. The second-order valence-electron chi connectivity index (χ2n) is 6.40. The number of aryl methyl sites for hydroxylation is 2. The van der Waals surface area contributed by atoms with Crippen molar-refractivity contribution in [1.82, 2.24) is 14.8 Å². The third-order valence-electron chi connectivity index (χ3n) is 4.12. The van der Waals surface area contributed by atoms with E-state index in [1.165, 1.54) is 34.9 Å². The second kappa shape index (κ2) is 9.55. The van der Waals surface area contributed by atoms with Crippen LogP contribution in [-0.2, 0) is 11.3 Å². The summed E-state index contributed by atoms with van der Waals surface area (Å²) in [7, 11) is 0. The zero-order valence-corrected chi connectivity index (χ0v) is 18.5. The topological polar surface area (TPSA) is 60.1 Å². The smallest absolute Gasteiger partial charge is 0.160 e. The Balaban J connectivity index is 0.000000419. The Morgan fingerprint density at radius 1 is 1.04 bits per heavy atom. The number of hydrogen-bond acceptors (Lipinski definition) is 5. The number of carbonyl (C=O) groups excluding carboxylic acids is 1. The van der Waals surface area contributed by atoms with Gasteiger partial charge in [-0.25, -0.2) is 0 Å². The van der Waals surface area contributed by atoms with Crippen LogP contribution >= 0.6 is 11.3 Å². The van der Waals surface area contributed by atoms with E-state index in [0.717, 1.165) is 22.9 Å². The molecule has 0 unspecified atom stereocenters. The molecule has 0 saturated heterocycles. The van der Waals surface area contributed by atoms with Crippen LogP contribution in [-0.4, -0.2) is 26.3 Å². The van der Waals surface area contributed by atoms with Crippen LogP contribution < -0.4 is 0 Å². The molecule has 6 heteroatoms. The highest BCUT2D eigenvalue weighted by Gasteiger charge is 2.26. The summed E-state index contributed by atoms with van der Waals surface area (Å²) in [6.45, 7) is 14.0. The first-order chi connectivity index (χ1) is 13.4. The van der Waals surface area contributed by atoms with Crippen LogP contribution in [0.1, 0.15) is 60.9 Å². The Morgan fingerprint density at radius 2 is 1.64 bits per heavy atom. The van der Waals surface area contributed by atoms with Gasteiger partial charge in [-0.1, -0.05) is 44.2 Å². The molecular weight excluding hydrogens is 368 g/mol. The molecule has 4 rings (SSSR count). The molecular formula is C22H28N4OS. The maximum atomic E-state index is 9.44. The van der Waals surface area contributed by atoms with E-state index >= 15 is 0 Å². The molecule has 0 N–H and O–H groups in total. The number of Topliss-reactive ketones (excluding diaryl/α,β-unsaturated/α-hetero) is 1. The number of benzene rings is 1. The Bertz CT molecular complexity index is 980. The highest BCUT2D eigenvalue weighted by molar-refractivity contribution is 7.15. The Morgan fingerprint density at radius 3 is 2.25 bits per heavy atom. The first-order valence-electron chi connectivity index (χ1n) is 9.48. The van der Waals surface area contributed by atoms with Crippen molar-refractivity contribution >= 4 is 22.8 Å². The number of aromatic nitrogens is 3. The van der Waals surface area contributed by atoms with Crippen molar-refractivity contribution in [3.8, 4) is 5.00 Å². The summed E-state index contributed by atoms with van der Waals surface area (Å²) >= 11 is 1.79. The molecule has 0 fully saturated rings. The van der Waals surface area contributed by atoms with Crippen molar-refractivity contribution in [2.24, 2.45) is 4.99 Å². The zero-order valence-electron chi connectivity index (χ0n) is 17.7. The van der Waals surface area contributed by atoms with E-state index in [4.69, 9.17) is 4.99 Å². The van der Waals surface area contributed by atoms with E-state index in [0.29, 0.717) is 6.54 Å². The van der Waals surface area contributed by atoms with Crippen LogP contribution in [0, 0.1) is 20.8 Å². The molecule has 1 aliphatic heterocycles. The lowest BCUT2D eigenvalue weighted by atomic mass is 10.00. The van der Waals surface area contributed by atoms with Crippen molar-refractivity contribution in [2.45, 2.75) is 55.0 Å². The molecule has 28 heavy (non-hydrogen) atoms. The van der Waals surface area contributed by atoms with Gasteiger partial charge >= 0.3 is 0 Å². The fourth-order valence-corrected chi connectivity index (χ4v) is 4.10. The minimum atomic E-state index is 0.167. The largest absolute Gasteiger partial charge is 0.300 e. The summed E-state index contributed by atoms with van der Waals surface area (Å²) in [5, 5.41) is 9.71. The summed E-state index contributed by atoms with van der Waals surface area (Å²) in [4.78, 5) is 15.6. The van der Waals surface area contributed by atoms with Crippen molar-refractivity contribution in [2.75, 3.05) is 0 Å². The lowest BCUT2D eigenvalue weighted by Gasteiger charge is -2.09. The molecule has 0 amide bonds. The van der Waals surface area contributed by atoms with Gasteiger partial charge in [0.15, 0.2) is 5.82 Å². The Kier molecular flexibility index (Phi) is 7.40. The number of carbonyl (C=O) groups is 1. The monoisotopic (exact) mass is 396 g/mol. The number of fused-ring (bicyclic) bond motifs is 3. The van der Waals surface area contributed by atoms with Crippen molar-refractivity contribution in [3.63, 3.8) is 0 Å². The molecule has 1 aromatic carbocycles. The highest BCUT2D eigenvalue weighted by atomic mass is 32.1.